The first-order valence-corrected chi connectivity index (χ1v) is 9.05. The van der Waals surface area contributed by atoms with Crippen molar-refractivity contribution in [2.24, 2.45) is 0 Å². The average molecular weight is 402 g/mol. The number of anilines is 2. The van der Waals surface area contributed by atoms with Crippen LogP contribution in [0.3, 0.4) is 0 Å². The van der Waals surface area contributed by atoms with Gasteiger partial charge >= 0.3 is 11.9 Å². The summed E-state index contributed by atoms with van der Waals surface area (Å²) < 4.78 is 20.0. The van der Waals surface area contributed by atoms with Gasteiger partial charge in [-0.05, 0) is 41.8 Å². The SMILES string of the molecule is COCCOC(=O)c1cc(Cc2ccc(N)c(C(=O)OCCOC)c2)ccc1N. The predicted molar refractivity (Wildman–Crippen MR) is 109 cm³/mol. The molecule has 0 aliphatic carbocycles. The zero-order valence-corrected chi connectivity index (χ0v) is 16.6. The lowest BCUT2D eigenvalue weighted by Crippen LogP contribution is -2.13. The Balaban J connectivity index is 2.15. The Kier molecular flexibility index (Phi) is 8.45. The number of hydrogen-bond acceptors (Lipinski definition) is 8. The molecule has 2 aromatic rings. The van der Waals surface area contributed by atoms with Gasteiger partial charge < -0.3 is 30.4 Å². The van der Waals surface area contributed by atoms with Crippen molar-refractivity contribution in [2.75, 3.05) is 52.1 Å². The Morgan fingerprint density at radius 3 is 1.52 bits per heavy atom. The summed E-state index contributed by atoms with van der Waals surface area (Å²) in [5, 5.41) is 0. The van der Waals surface area contributed by atoms with E-state index in [-0.39, 0.29) is 24.3 Å². The van der Waals surface area contributed by atoms with Gasteiger partial charge in [0.25, 0.3) is 0 Å². The molecule has 0 aliphatic rings. The monoisotopic (exact) mass is 402 g/mol. The highest BCUT2D eigenvalue weighted by Gasteiger charge is 2.15. The number of nitrogens with two attached hydrogens (primary N) is 2. The first-order valence-electron chi connectivity index (χ1n) is 9.05. The van der Waals surface area contributed by atoms with Crippen LogP contribution < -0.4 is 11.5 Å². The number of carbonyl (C=O) groups is 2. The van der Waals surface area contributed by atoms with E-state index in [1.165, 1.54) is 14.2 Å². The van der Waals surface area contributed by atoms with E-state index in [0.717, 1.165) is 11.1 Å². The van der Waals surface area contributed by atoms with Crippen molar-refractivity contribution in [3.05, 3.63) is 58.7 Å². The summed E-state index contributed by atoms with van der Waals surface area (Å²) in [5.41, 5.74) is 14.7. The molecule has 0 aliphatic heterocycles. The Labute approximate surface area is 169 Å². The lowest BCUT2D eigenvalue weighted by atomic mass is 9.99. The van der Waals surface area contributed by atoms with E-state index in [1.807, 2.05) is 12.1 Å². The van der Waals surface area contributed by atoms with Crippen LogP contribution in [0.1, 0.15) is 31.8 Å². The minimum Gasteiger partial charge on any atom is -0.460 e. The van der Waals surface area contributed by atoms with Crippen LogP contribution in [0.2, 0.25) is 0 Å². The van der Waals surface area contributed by atoms with Gasteiger partial charge in [-0.3, -0.25) is 0 Å². The minimum absolute atomic E-state index is 0.144. The van der Waals surface area contributed by atoms with E-state index in [0.29, 0.717) is 31.0 Å². The largest absolute Gasteiger partial charge is 0.460 e. The van der Waals surface area contributed by atoms with Crippen LogP contribution >= 0.6 is 0 Å². The number of hydrogen-bond donors (Lipinski definition) is 2. The topological polar surface area (TPSA) is 123 Å². The van der Waals surface area contributed by atoms with Crippen LogP contribution in [0.5, 0.6) is 0 Å². The van der Waals surface area contributed by atoms with Crippen LogP contribution in [-0.2, 0) is 25.4 Å². The lowest BCUT2D eigenvalue weighted by Gasteiger charge is -2.11. The summed E-state index contributed by atoms with van der Waals surface area (Å²) in [5.74, 6) is -1.03. The molecule has 8 heteroatoms. The fraction of sp³-hybridized carbons (Fsp3) is 0.333. The third-order valence-corrected chi connectivity index (χ3v) is 4.12. The van der Waals surface area contributed by atoms with E-state index < -0.39 is 11.9 Å². The molecule has 29 heavy (non-hydrogen) atoms. The Morgan fingerprint density at radius 1 is 0.724 bits per heavy atom. The molecular weight excluding hydrogens is 376 g/mol. The first-order chi connectivity index (χ1) is 14.0. The molecule has 0 radical (unpaired) electrons. The number of methoxy groups -OCH3 is 2. The van der Waals surface area contributed by atoms with Gasteiger partial charge in [0.2, 0.25) is 0 Å². The molecule has 0 heterocycles. The van der Waals surface area contributed by atoms with Crippen molar-refractivity contribution in [1.29, 1.82) is 0 Å². The molecule has 0 saturated carbocycles. The molecule has 2 rings (SSSR count). The van der Waals surface area contributed by atoms with Gasteiger partial charge in [0.05, 0.1) is 24.3 Å². The average Bonchev–Trinajstić information content (AvgIpc) is 2.71. The summed E-state index contributed by atoms with van der Waals surface area (Å²) in [6.07, 6.45) is 0.470. The molecule has 2 aromatic carbocycles. The third-order valence-electron chi connectivity index (χ3n) is 4.12. The second kappa shape index (κ2) is 11.0. The van der Waals surface area contributed by atoms with Gasteiger partial charge in [-0.25, -0.2) is 9.59 Å². The number of esters is 2. The molecule has 8 nitrogen and oxygen atoms in total. The van der Waals surface area contributed by atoms with Crippen molar-refractivity contribution in [3.8, 4) is 0 Å². The van der Waals surface area contributed by atoms with Gasteiger partial charge in [0.1, 0.15) is 13.2 Å². The van der Waals surface area contributed by atoms with Crippen LogP contribution in [0.4, 0.5) is 11.4 Å². The molecule has 0 amide bonds. The van der Waals surface area contributed by atoms with Crippen molar-refractivity contribution in [2.45, 2.75) is 6.42 Å². The van der Waals surface area contributed by atoms with E-state index in [1.54, 1.807) is 24.3 Å². The van der Waals surface area contributed by atoms with Crippen molar-refractivity contribution < 1.29 is 28.5 Å². The summed E-state index contributed by atoms with van der Waals surface area (Å²) >= 11 is 0. The molecule has 0 atom stereocenters. The summed E-state index contributed by atoms with van der Waals surface area (Å²) in [6.45, 7) is 0.900. The maximum atomic E-state index is 12.2. The van der Waals surface area contributed by atoms with Crippen molar-refractivity contribution >= 4 is 23.3 Å². The highest BCUT2D eigenvalue weighted by atomic mass is 16.6. The molecule has 0 fully saturated rings. The molecule has 0 aromatic heterocycles. The smallest absolute Gasteiger partial charge is 0.340 e. The van der Waals surface area contributed by atoms with Crippen molar-refractivity contribution in [1.82, 2.24) is 0 Å². The summed E-state index contributed by atoms with van der Waals surface area (Å²) in [6, 6.07) is 10.3. The lowest BCUT2D eigenvalue weighted by molar-refractivity contribution is 0.0382. The quantitative estimate of drug-likeness (QED) is 0.352. The highest BCUT2D eigenvalue weighted by Crippen LogP contribution is 2.21. The second-order valence-electron chi connectivity index (χ2n) is 6.28. The van der Waals surface area contributed by atoms with Crippen LogP contribution in [0.15, 0.2) is 36.4 Å². The Bertz CT molecular complexity index is 784. The van der Waals surface area contributed by atoms with E-state index >= 15 is 0 Å². The fourth-order valence-electron chi connectivity index (χ4n) is 2.61. The second-order valence-corrected chi connectivity index (χ2v) is 6.28. The van der Waals surface area contributed by atoms with E-state index in [4.69, 9.17) is 30.4 Å². The highest BCUT2D eigenvalue weighted by molar-refractivity contribution is 5.96. The number of ether oxygens (including phenoxy) is 4. The number of rotatable bonds is 10. The maximum absolute atomic E-state index is 12.2. The molecule has 4 N–H and O–H groups in total. The normalized spacial score (nSPS) is 10.6. The Morgan fingerprint density at radius 2 is 1.14 bits per heavy atom. The maximum Gasteiger partial charge on any atom is 0.340 e. The summed E-state index contributed by atoms with van der Waals surface area (Å²) in [4.78, 5) is 24.4. The van der Waals surface area contributed by atoms with Gasteiger partial charge in [0.15, 0.2) is 0 Å². The molecule has 156 valence electrons. The van der Waals surface area contributed by atoms with Gasteiger partial charge in [-0.2, -0.15) is 0 Å². The standard InChI is InChI=1S/C21H26N2O6/c1-26-7-9-28-20(24)16-12-14(3-5-18(16)22)11-15-4-6-19(23)17(13-15)21(25)29-10-8-27-2/h3-6,12-13H,7-11,22-23H2,1-2H3. The van der Waals surface area contributed by atoms with Crippen LogP contribution in [-0.4, -0.2) is 52.6 Å². The molecule has 0 unspecified atom stereocenters. The predicted octanol–water partition coefficient (Wildman–Crippen LogP) is 2.05. The number of nitrogen functional groups attached to an aromatic ring is 2. The molecule has 0 bridgehead atoms. The fourth-order valence-corrected chi connectivity index (χ4v) is 2.61. The van der Waals surface area contributed by atoms with Crippen molar-refractivity contribution in [3.63, 3.8) is 0 Å². The van der Waals surface area contributed by atoms with E-state index in [9.17, 15) is 9.59 Å². The first kappa shape index (κ1) is 22.2. The zero-order chi connectivity index (χ0) is 21.2. The number of carbonyl (C=O) groups excluding carboxylic acids is 2. The number of benzene rings is 2. The van der Waals surface area contributed by atoms with Gasteiger partial charge in [0, 0.05) is 25.6 Å². The molecule has 0 saturated heterocycles. The van der Waals surface area contributed by atoms with Gasteiger partial charge in [-0.15, -0.1) is 0 Å². The zero-order valence-electron chi connectivity index (χ0n) is 16.6. The van der Waals surface area contributed by atoms with E-state index in [2.05, 4.69) is 0 Å². The molecular formula is C21H26N2O6. The summed E-state index contributed by atoms with van der Waals surface area (Å²) in [7, 11) is 3.05. The Hall–Kier alpha value is -3.10. The van der Waals surface area contributed by atoms with Crippen LogP contribution in [0, 0.1) is 0 Å². The van der Waals surface area contributed by atoms with Crippen LogP contribution in [0.25, 0.3) is 0 Å². The third kappa shape index (κ3) is 6.48. The van der Waals surface area contributed by atoms with Gasteiger partial charge in [-0.1, -0.05) is 12.1 Å². The molecule has 0 spiro atoms. The minimum atomic E-state index is -0.513.